The first-order valence-electron chi connectivity index (χ1n) is 8.20. The molecule has 1 aromatic heterocycles. The Hall–Kier alpha value is -3.48. The number of carbonyl (C=O) groups excluding carboxylic acids is 2. The number of hydrogen-bond acceptors (Lipinski definition) is 7. The normalized spacial score (nSPS) is 14.7. The van der Waals surface area contributed by atoms with Gasteiger partial charge < -0.3 is 23.7 Å². The molecule has 0 fully saturated rings. The average molecular weight is 370 g/mol. The van der Waals surface area contributed by atoms with E-state index in [1.54, 1.807) is 6.07 Å². The van der Waals surface area contributed by atoms with Gasteiger partial charge in [-0.3, -0.25) is 4.79 Å². The van der Waals surface area contributed by atoms with Crippen LogP contribution in [-0.2, 0) is 25.4 Å². The van der Waals surface area contributed by atoms with Gasteiger partial charge in [0.2, 0.25) is 18.3 Å². The van der Waals surface area contributed by atoms with Crippen molar-refractivity contribution < 1.29 is 33.3 Å². The largest absolute Gasteiger partial charge is 0.502 e. The van der Waals surface area contributed by atoms with Gasteiger partial charge >= 0.3 is 5.97 Å². The SMILES string of the molecule is COC(=O)C(O)=CC(=O)c1ccc(C(Cc2ccccc2)C2=COCO2)o1. The van der Waals surface area contributed by atoms with E-state index in [-0.39, 0.29) is 18.5 Å². The molecule has 1 aliphatic heterocycles. The molecule has 7 heteroatoms. The van der Waals surface area contributed by atoms with Crippen LogP contribution in [0.15, 0.2) is 70.7 Å². The molecule has 1 N–H and O–H groups in total. The monoisotopic (exact) mass is 370 g/mol. The minimum absolute atomic E-state index is 0.0157. The van der Waals surface area contributed by atoms with Crippen molar-refractivity contribution >= 4 is 11.8 Å². The van der Waals surface area contributed by atoms with Crippen LogP contribution in [0.1, 0.15) is 27.8 Å². The summed E-state index contributed by atoms with van der Waals surface area (Å²) in [6.07, 6.45) is 2.87. The second-order valence-corrected chi connectivity index (χ2v) is 5.78. The van der Waals surface area contributed by atoms with E-state index in [2.05, 4.69) is 4.74 Å². The summed E-state index contributed by atoms with van der Waals surface area (Å²) in [6, 6.07) is 12.9. The average Bonchev–Trinajstić information content (AvgIpc) is 3.38. The van der Waals surface area contributed by atoms with E-state index in [1.807, 2.05) is 30.3 Å². The summed E-state index contributed by atoms with van der Waals surface area (Å²) in [6.45, 7) is 0.128. The van der Waals surface area contributed by atoms with Gasteiger partial charge in [0.25, 0.3) is 0 Å². The third-order valence-electron chi connectivity index (χ3n) is 3.99. The number of allylic oxidation sites excluding steroid dienone is 2. The molecule has 27 heavy (non-hydrogen) atoms. The van der Waals surface area contributed by atoms with Crippen molar-refractivity contribution in [3.8, 4) is 0 Å². The van der Waals surface area contributed by atoms with E-state index < -0.39 is 17.5 Å². The van der Waals surface area contributed by atoms with Gasteiger partial charge in [-0.1, -0.05) is 30.3 Å². The van der Waals surface area contributed by atoms with Gasteiger partial charge in [-0.2, -0.15) is 0 Å². The summed E-state index contributed by atoms with van der Waals surface area (Å²) in [5.41, 5.74) is 1.06. The summed E-state index contributed by atoms with van der Waals surface area (Å²) in [4.78, 5) is 23.4. The van der Waals surface area contributed by atoms with Crippen molar-refractivity contribution in [1.82, 2.24) is 0 Å². The Morgan fingerprint density at radius 1 is 1.22 bits per heavy atom. The van der Waals surface area contributed by atoms with Crippen molar-refractivity contribution in [2.24, 2.45) is 0 Å². The molecule has 1 atom stereocenters. The zero-order valence-corrected chi connectivity index (χ0v) is 14.6. The Bertz CT molecular complexity index is 877. The third kappa shape index (κ3) is 4.38. The van der Waals surface area contributed by atoms with Gasteiger partial charge in [-0.05, 0) is 24.1 Å². The maximum atomic E-state index is 12.2. The van der Waals surface area contributed by atoms with Gasteiger partial charge in [0.1, 0.15) is 17.8 Å². The molecule has 2 heterocycles. The number of benzene rings is 1. The molecule has 0 saturated heterocycles. The molecule has 1 aromatic carbocycles. The fraction of sp³-hybridized carbons (Fsp3) is 0.200. The summed E-state index contributed by atoms with van der Waals surface area (Å²) < 4.78 is 20.7. The minimum atomic E-state index is -1.00. The summed E-state index contributed by atoms with van der Waals surface area (Å²) in [7, 11) is 1.10. The highest BCUT2D eigenvalue weighted by Crippen LogP contribution is 2.32. The van der Waals surface area contributed by atoms with Gasteiger partial charge in [0.05, 0.1) is 13.0 Å². The summed E-state index contributed by atoms with van der Waals surface area (Å²) in [5, 5.41) is 9.51. The standard InChI is InChI=1S/C20H18O7/c1-24-20(23)16(22)10-15(21)18-8-7-17(27-18)14(19-11-25-12-26-19)9-13-5-3-2-4-6-13/h2-8,10-11,14,22H,9,12H2,1H3. The highest BCUT2D eigenvalue weighted by atomic mass is 16.7. The van der Waals surface area contributed by atoms with Crippen LogP contribution in [0.3, 0.4) is 0 Å². The topological polar surface area (TPSA) is 95.2 Å². The first-order chi connectivity index (χ1) is 13.1. The molecular formula is C20H18O7. The Balaban J connectivity index is 1.84. The fourth-order valence-electron chi connectivity index (χ4n) is 2.66. The fourth-order valence-corrected chi connectivity index (χ4v) is 2.66. The van der Waals surface area contributed by atoms with E-state index in [0.29, 0.717) is 17.9 Å². The first-order valence-corrected chi connectivity index (χ1v) is 8.20. The molecule has 140 valence electrons. The number of ether oxygens (including phenoxy) is 3. The van der Waals surface area contributed by atoms with Gasteiger partial charge in [-0.25, -0.2) is 4.79 Å². The van der Waals surface area contributed by atoms with Crippen molar-refractivity contribution in [2.45, 2.75) is 12.3 Å². The van der Waals surface area contributed by atoms with Crippen LogP contribution in [0.25, 0.3) is 0 Å². The van der Waals surface area contributed by atoms with E-state index in [1.165, 1.54) is 12.3 Å². The molecule has 0 aliphatic carbocycles. The van der Waals surface area contributed by atoms with E-state index >= 15 is 0 Å². The van der Waals surface area contributed by atoms with Gasteiger partial charge in [0.15, 0.2) is 5.76 Å². The zero-order chi connectivity index (χ0) is 19.2. The quantitative estimate of drug-likeness (QED) is 0.346. The highest BCUT2D eigenvalue weighted by Gasteiger charge is 2.26. The Morgan fingerprint density at radius 2 is 2.00 bits per heavy atom. The highest BCUT2D eigenvalue weighted by molar-refractivity contribution is 6.06. The molecule has 0 spiro atoms. The number of furan rings is 1. The van der Waals surface area contributed by atoms with Crippen molar-refractivity contribution in [1.29, 1.82) is 0 Å². The van der Waals surface area contributed by atoms with Crippen LogP contribution in [0.5, 0.6) is 0 Å². The number of rotatable bonds is 7. The van der Waals surface area contributed by atoms with Crippen LogP contribution in [0, 0.1) is 0 Å². The predicted octanol–water partition coefficient (Wildman–Crippen LogP) is 3.25. The number of ketones is 1. The van der Waals surface area contributed by atoms with Gasteiger partial charge in [-0.15, -0.1) is 0 Å². The number of aliphatic hydroxyl groups is 1. The van der Waals surface area contributed by atoms with Crippen LogP contribution >= 0.6 is 0 Å². The van der Waals surface area contributed by atoms with E-state index in [9.17, 15) is 14.7 Å². The molecule has 1 aliphatic rings. The van der Waals surface area contributed by atoms with Crippen molar-refractivity contribution in [3.05, 3.63) is 83.4 Å². The van der Waals surface area contributed by atoms with Crippen LogP contribution in [-0.4, -0.2) is 30.8 Å². The van der Waals surface area contributed by atoms with Gasteiger partial charge in [0, 0.05) is 6.08 Å². The lowest BCUT2D eigenvalue weighted by molar-refractivity contribution is -0.139. The molecule has 7 nitrogen and oxygen atoms in total. The minimum Gasteiger partial charge on any atom is -0.502 e. The maximum absolute atomic E-state index is 12.2. The molecule has 3 rings (SSSR count). The lowest BCUT2D eigenvalue weighted by Gasteiger charge is -2.14. The molecule has 0 amide bonds. The molecule has 2 aromatic rings. The Labute approximate surface area is 155 Å². The summed E-state index contributed by atoms with van der Waals surface area (Å²) >= 11 is 0. The Kier molecular flexibility index (Phi) is 5.61. The lowest BCUT2D eigenvalue weighted by atomic mass is 9.95. The predicted molar refractivity (Wildman–Crippen MR) is 93.8 cm³/mol. The maximum Gasteiger partial charge on any atom is 0.373 e. The number of carbonyl (C=O) groups is 2. The van der Waals surface area contributed by atoms with Crippen LogP contribution < -0.4 is 0 Å². The van der Waals surface area contributed by atoms with E-state index in [4.69, 9.17) is 13.9 Å². The summed E-state index contributed by atoms with van der Waals surface area (Å²) in [5.74, 6) is -1.65. The lowest BCUT2D eigenvalue weighted by Crippen LogP contribution is -2.07. The number of methoxy groups -OCH3 is 1. The Morgan fingerprint density at radius 3 is 2.67 bits per heavy atom. The zero-order valence-electron chi connectivity index (χ0n) is 14.6. The first kappa shape index (κ1) is 18.3. The molecule has 0 radical (unpaired) electrons. The molecule has 1 unspecified atom stereocenters. The number of hydrogen-bond donors (Lipinski definition) is 1. The van der Waals surface area contributed by atoms with Crippen molar-refractivity contribution in [3.63, 3.8) is 0 Å². The van der Waals surface area contributed by atoms with Crippen LogP contribution in [0.2, 0.25) is 0 Å². The van der Waals surface area contributed by atoms with Crippen LogP contribution in [0.4, 0.5) is 0 Å². The second-order valence-electron chi connectivity index (χ2n) is 5.78. The number of aliphatic hydroxyl groups excluding tert-OH is 1. The molecule has 0 saturated carbocycles. The molecular weight excluding hydrogens is 352 g/mol. The molecule has 0 bridgehead atoms. The van der Waals surface area contributed by atoms with Crippen molar-refractivity contribution in [2.75, 3.05) is 13.9 Å². The second kappa shape index (κ2) is 8.27. The van der Waals surface area contributed by atoms with E-state index in [0.717, 1.165) is 18.7 Å². The number of esters is 1. The smallest absolute Gasteiger partial charge is 0.373 e. The third-order valence-corrected chi connectivity index (χ3v) is 3.99.